The first kappa shape index (κ1) is 19.3. The Morgan fingerprint density at radius 3 is 2.48 bits per heavy atom. The minimum absolute atomic E-state index is 0.0623. The van der Waals surface area contributed by atoms with E-state index < -0.39 is 24.0 Å². The predicted molar refractivity (Wildman–Crippen MR) is 103 cm³/mol. The molecule has 3 aromatic rings. The Labute approximate surface area is 170 Å². The first-order valence-corrected chi connectivity index (χ1v) is 9.39. The third-order valence-electron chi connectivity index (χ3n) is 5.21. The molecule has 1 N–H and O–H groups in total. The summed E-state index contributed by atoms with van der Waals surface area (Å²) in [6.07, 6.45) is 0.293. The van der Waals surface area contributed by atoms with Gasteiger partial charge in [-0.3, -0.25) is 14.3 Å². The standard InChI is InChI=1S/C20H17ClF2N4O2/c1-2-20(12-7-9-13(21)10-8-12)17(28)26(19(29)25-20)11-16-24-14-5-3-4-6-15(14)27(16)18(22)23/h3-10,18H,2,11H2,1H3,(H,25,29). The number of amides is 3. The number of imide groups is 1. The molecular weight excluding hydrogens is 402 g/mol. The summed E-state index contributed by atoms with van der Waals surface area (Å²) in [6, 6.07) is 12.4. The topological polar surface area (TPSA) is 67.2 Å². The summed E-state index contributed by atoms with van der Waals surface area (Å²) in [4.78, 5) is 31.0. The number of fused-ring (bicyclic) bond motifs is 1. The van der Waals surface area contributed by atoms with Crippen LogP contribution in [0.5, 0.6) is 0 Å². The van der Waals surface area contributed by atoms with Gasteiger partial charge in [0.05, 0.1) is 17.6 Å². The summed E-state index contributed by atoms with van der Waals surface area (Å²) in [5.74, 6) is -0.576. The highest BCUT2D eigenvalue weighted by atomic mass is 35.5. The molecule has 0 bridgehead atoms. The maximum Gasteiger partial charge on any atom is 0.325 e. The molecule has 150 valence electrons. The fourth-order valence-electron chi connectivity index (χ4n) is 3.71. The van der Waals surface area contributed by atoms with Gasteiger partial charge in [-0.2, -0.15) is 8.78 Å². The van der Waals surface area contributed by atoms with Crippen LogP contribution in [0.25, 0.3) is 11.0 Å². The summed E-state index contributed by atoms with van der Waals surface area (Å²) in [5, 5.41) is 3.22. The summed E-state index contributed by atoms with van der Waals surface area (Å²) >= 11 is 5.93. The number of benzene rings is 2. The molecule has 29 heavy (non-hydrogen) atoms. The first-order valence-electron chi connectivity index (χ1n) is 9.01. The molecule has 1 fully saturated rings. The number of alkyl halides is 2. The van der Waals surface area contributed by atoms with Gasteiger partial charge in [-0.1, -0.05) is 42.8 Å². The van der Waals surface area contributed by atoms with Gasteiger partial charge in [0, 0.05) is 5.02 Å². The van der Waals surface area contributed by atoms with Gasteiger partial charge in [-0.25, -0.2) is 9.78 Å². The molecule has 6 nitrogen and oxygen atoms in total. The molecular formula is C20H17ClF2N4O2. The van der Waals surface area contributed by atoms with Crippen molar-refractivity contribution in [3.05, 3.63) is 64.9 Å². The highest BCUT2D eigenvalue weighted by Crippen LogP contribution is 2.34. The number of hydrogen-bond acceptors (Lipinski definition) is 3. The molecule has 9 heteroatoms. The Morgan fingerprint density at radius 1 is 1.14 bits per heavy atom. The van der Waals surface area contributed by atoms with E-state index in [4.69, 9.17) is 11.6 Å². The monoisotopic (exact) mass is 418 g/mol. The fourth-order valence-corrected chi connectivity index (χ4v) is 3.83. The summed E-state index contributed by atoms with van der Waals surface area (Å²) < 4.78 is 28.1. The average molecular weight is 419 g/mol. The van der Waals surface area contributed by atoms with Crippen molar-refractivity contribution in [2.75, 3.05) is 0 Å². The maximum atomic E-state index is 13.7. The lowest BCUT2D eigenvalue weighted by Gasteiger charge is -2.25. The number of urea groups is 1. The second-order valence-corrected chi connectivity index (χ2v) is 7.19. The quantitative estimate of drug-likeness (QED) is 0.623. The average Bonchev–Trinajstić information content (AvgIpc) is 3.19. The van der Waals surface area contributed by atoms with Gasteiger partial charge < -0.3 is 5.32 Å². The van der Waals surface area contributed by atoms with Crippen molar-refractivity contribution in [3.63, 3.8) is 0 Å². The number of nitrogens with zero attached hydrogens (tertiary/aromatic N) is 3. The number of carbonyl (C=O) groups excluding carboxylic acids is 2. The van der Waals surface area contributed by atoms with Crippen molar-refractivity contribution >= 4 is 34.6 Å². The number of para-hydroxylation sites is 2. The van der Waals surface area contributed by atoms with Crippen LogP contribution in [0.15, 0.2) is 48.5 Å². The molecule has 4 rings (SSSR count). The van der Waals surface area contributed by atoms with E-state index in [9.17, 15) is 18.4 Å². The SMILES string of the molecule is CCC1(c2ccc(Cl)cc2)NC(=O)N(Cc2nc3ccccc3n2C(F)F)C1=O. The lowest BCUT2D eigenvalue weighted by atomic mass is 9.87. The molecule has 3 amide bonds. The van der Waals surface area contributed by atoms with Crippen LogP contribution in [-0.4, -0.2) is 26.4 Å². The minimum Gasteiger partial charge on any atom is -0.319 e. The molecule has 1 atom stereocenters. The van der Waals surface area contributed by atoms with Crippen LogP contribution in [0, 0.1) is 0 Å². The third kappa shape index (κ3) is 3.04. The van der Waals surface area contributed by atoms with Gasteiger partial charge >= 0.3 is 12.6 Å². The molecule has 1 unspecified atom stereocenters. The molecule has 0 radical (unpaired) electrons. The summed E-state index contributed by atoms with van der Waals surface area (Å²) in [6.45, 7) is -1.45. The van der Waals surface area contributed by atoms with Crippen molar-refractivity contribution < 1.29 is 18.4 Å². The van der Waals surface area contributed by atoms with Gasteiger partial charge in [-0.05, 0) is 36.2 Å². The van der Waals surface area contributed by atoms with E-state index in [0.29, 0.717) is 22.5 Å². The van der Waals surface area contributed by atoms with Crippen LogP contribution in [0.4, 0.5) is 13.6 Å². The molecule has 1 aliphatic rings. The van der Waals surface area contributed by atoms with Gasteiger partial charge in [0.15, 0.2) is 0 Å². The Bertz CT molecular complexity index is 1100. The second kappa shape index (κ2) is 7.11. The van der Waals surface area contributed by atoms with Gasteiger partial charge in [-0.15, -0.1) is 0 Å². The molecule has 0 saturated carbocycles. The third-order valence-corrected chi connectivity index (χ3v) is 5.46. The zero-order valence-electron chi connectivity index (χ0n) is 15.4. The molecule has 0 aliphatic carbocycles. The molecule has 1 aromatic heterocycles. The minimum atomic E-state index is -2.86. The van der Waals surface area contributed by atoms with Crippen molar-refractivity contribution in [2.24, 2.45) is 0 Å². The van der Waals surface area contributed by atoms with E-state index in [1.165, 1.54) is 6.07 Å². The van der Waals surface area contributed by atoms with Crippen molar-refractivity contribution in [3.8, 4) is 0 Å². The van der Waals surface area contributed by atoms with Crippen molar-refractivity contribution in [1.29, 1.82) is 0 Å². The molecule has 1 saturated heterocycles. The molecule has 2 aromatic carbocycles. The zero-order valence-corrected chi connectivity index (χ0v) is 16.2. The van der Waals surface area contributed by atoms with Crippen LogP contribution in [0.2, 0.25) is 5.02 Å². The Kier molecular flexibility index (Phi) is 4.74. The maximum absolute atomic E-state index is 13.7. The van der Waals surface area contributed by atoms with Crippen LogP contribution in [-0.2, 0) is 16.9 Å². The van der Waals surface area contributed by atoms with Gasteiger partial charge in [0.1, 0.15) is 11.4 Å². The molecule has 2 heterocycles. The van der Waals surface area contributed by atoms with Crippen LogP contribution < -0.4 is 5.32 Å². The summed E-state index contributed by atoms with van der Waals surface area (Å²) in [5.41, 5.74) is -0.0884. The van der Waals surface area contributed by atoms with E-state index in [1.54, 1.807) is 49.4 Å². The number of rotatable bonds is 5. The number of halogens is 3. The number of nitrogens with one attached hydrogen (secondary N) is 1. The first-order chi connectivity index (χ1) is 13.9. The Balaban J connectivity index is 1.73. The lowest BCUT2D eigenvalue weighted by molar-refractivity contribution is -0.132. The predicted octanol–water partition coefficient (Wildman–Crippen LogP) is 4.44. The van der Waals surface area contributed by atoms with E-state index in [0.717, 1.165) is 9.47 Å². The van der Waals surface area contributed by atoms with Crippen molar-refractivity contribution in [1.82, 2.24) is 19.8 Å². The highest BCUT2D eigenvalue weighted by Gasteiger charge is 2.51. The molecule has 1 aliphatic heterocycles. The van der Waals surface area contributed by atoms with E-state index in [-0.39, 0.29) is 17.9 Å². The number of hydrogen-bond donors (Lipinski definition) is 1. The largest absolute Gasteiger partial charge is 0.325 e. The Morgan fingerprint density at radius 2 is 1.83 bits per heavy atom. The smallest absolute Gasteiger partial charge is 0.319 e. The number of imidazole rings is 1. The normalized spacial score (nSPS) is 19.4. The van der Waals surface area contributed by atoms with E-state index >= 15 is 0 Å². The van der Waals surface area contributed by atoms with E-state index in [2.05, 4.69) is 10.3 Å². The van der Waals surface area contributed by atoms with Crippen molar-refractivity contribution in [2.45, 2.75) is 32.0 Å². The van der Waals surface area contributed by atoms with Gasteiger partial charge in [0.2, 0.25) is 0 Å². The molecule has 0 spiro atoms. The zero-order chi connectivity index (χ0) is 20.8. The second-order valence-electron chi connectivity index (χ2n) is 6.75. The Hall–Kier alpha value is -3.00. The lowest BCUT2D eigenvalue weighted by Crippen LogP contribution is -2.43. The van der Waals surface area contributed by atoms with E-state index in [1.807, 2.05) is 0 Å². The van der Waals surface area contributed by atoms with Gasteiger partial charge in [0.25, 0.3) is 5.91 Å². The van der Waals surface area contributed by atoms with Crippen LogP contribution in [0.1, 0.15) is 31.3 Å². The number of carbonyl (C=O) groups is 2. The summed E-state index contributed by atoms with van der Waals surface area (Å²) in [7, 11) is 0. The van der Waals surface area contributed by atoms with Crippen LogP contribution in [0.3, 0.4) is 0 Å². The number of aromatic nitrogens is 2. The highest BCUT2D eigenvalue weighted by molar-refractivity contribution is 6.30. The fraction of sp³-hybridized carbons (Fsp3) is 0.250. The van der Waals surface area contributed by atoms with Crippen LogP contribution >= 0.6 is 11.6 Å².